The van der Waals surface area contributed by atoms with Gasteiger partial charge in [-0.3, -0.25) is 0 Å². The van der Waals surface area contributed by atoms with Gasteiger partial charge in [0.1, 0.15) is 0 Å². The summed E-state index contributed by atoms with van der Waals surface area (Å²) in [6, 6.07) is 33.3. The van der Waals surface area contributed by atoms with E-state index in [9.17, 15) is 0 Å². The van der Waals surface area contributed by atoms with Crippen LogP contribution >= 0.6 is 0 Å². The minimum atomic E-state index is -0.577. The number of hydrogen-bond acceptors (Lipinski definition) is 1. The maximum atomic E-state index is 7.34. The zero-order chi connectivity index (χ0) is 51.8. The van der Waals surface area contributed by atoms with Gasteiger partial charge in [-0.15, -0.1) is 0 Å². The van der Waals surface area contributed by atoms with Gasteiger partial charge < -0.3 is 5.73 Å². The molecular formula is C68H107N. The normalized spacial score (nSPS) is 14.1. The van der Waals surface area contributed by atoms with E-state index >= 15 is 0 Å². The van der Waals surface area contributed by atoms with Crippen molar-refractivity contribution in [2.75, 3.05) is 0 Å². The molecule has 0 aliphatic heterocycles. The van der Waals surface area contributed by atoms with Crippen LogP contribution in [0.1, 0.15) is 270 Å². The van der Waals surface area contributed by atoms with E-state index in [1.807, 2.05) is 13.8 Å². The third-order valence-electron chi connectivity index (χ3n) is 15.3. The molecule has 3 unspecified atom stereocenters. The van der Waals surface area contributed by atoms with Crippen molar-refractivity contribution in [1.82, 2.24) is 0 Å². The lowest BCUT2D eigenvalue weighted by Crippen LogP contribution is -2.35. The molecule has 384 valence electrons. The van der Waals surface area contributed by atoms with Crippen LogP contribution in [0.3, 0.4) is 0 Å². The number of benzene rings is 4. The molecule has 1 aliphatic carbocycles. The molecule has 69 heavy (non-hydrogen) atoms. The minimum Gasteiger partial charge on any atom is -0.318 e. The summed E-state index contributed by atoms with van der Waals surface area (Å²) in [5.74, 6) is 1.87. The van der Waals surface area contributed by atoms with Crippen LogP contribution in [0.25, 0.3) is 11.1 Å². The molecule has 0 radical (unpaired) electrons. The van der Waals surface area contributed by atoms with Crippen molar-refractivity contribution in [3.05, 3.63) is 153 Å². The van der Waals surface area contributed by atoms with Gasteiger partial charge in [0.05, 0.1) is 5.54 Å². The Hall–Kier alpha value is -3.68. The second-order valence-corrected chi connectivity index (χ2v) is 22.1. The van der Waals surface area contributed by atoms with Gasteiger partial charge in [0.2, 0.25) is 0 Å². The summed E-state index contributed by atoms with van der Waals surface area (Å²) in [6.45, 7) is 41.7. The van der Waals surface area contributed by atoms with Crippen molar-refractivity contribution >= 4 is 0 Å². The van der Waals surface area contributed by atoms with Gasteiger partial charge in [-0.25, -0.2) is 0 Å². The van der Waals surface area contributed by atoms with Gasteiger partial charge in [-0.2, -0.15) is 0 Å². The van der Waals surface area contributed by atoms with Gasteiger partial charge in [0.25, 0.3) is 0 Å². The molecule has 1 aliphatic rings. The monoisotopic (exact) mass is 938 g/mol. The lowest BCUT2D eigenvalue weighted by atomic mass is 9.68. The van der Waals surface area contributed by atoms with Crippen LogP contribution in [0.15, 0.2) is 109 Å². The summed E-state index contributed by atoms with van der Waals surface area (Å²) in [5.41, 5.74) is 23.2. The van der Waals surface area contributed by atoms with Crippen LogP contribution in [0.4, 0.5) is 0 Å². The molecule has 1 heteroatoms. The van der Waals surface area contributed by atoms with Crippen LogP contribution in [0, 0.1) is 18.8 Å². The highest BCUT2D eigenvalue weighted by molar-refractivity contribution is 5.82. The lowest BCUT2D eigenvalue weighted by Gasteiger charge is -2.35. The molecule has 4 aromatic carbocycles. The van der Waals surface area contributed by atoms with Crippen molar-refractivity contribution in [3.8, 4) is 11.1 Å². The molecule has 2 N–H and O–H groups in total. The molecule has 0 heterocycles. The molecule has 0 bridgehead atoms. The Kier molecular flexibility index (Phi) is 27.5. The Morgan fingerprint density at radius 1 is 0.594 bits per heavy atom. The Bertz CT molecular complexity index is 2050. The molecule has 0 spiro atoms. The van der Waals surface area contributed by atoms with Gasteiger partial charge in [-0.1, -0.05) is 288 Å². The summed E-state index contributed by atoms with van der Waals surface area (Å²) in [7, 11) is 0. The van der Waals surface area contributed by atoms with E-state index in [4.69, 9.17) is 5.73 Å². The maximum Gasteiger partial charge on any atom is 0.0637 e. The zero-order valence-corrected chi connectivity index (χ0v) is 48.2. The van der Waals surface area contributed by atoms with E-state index in [0.29, 0.717) is 17.8 Å². The molecule has 4 aromatic rings. The van der Waals surface area contributed by atoms with Crippen molar-refractivity contribution < 1.29 is 0 Å². The highest BCUT2D eigenvalue weighted by Crippen LogP contribution is 2.56. The zero-order valence-electron chi connectivity index (χ0n) is 48.2. The quantitative estimate of drug-likeness (QED) is 0.0550. The van der Waals surface area contributed by atoms with Crippen LogP contribution in [0.2, 0.25) is 0 Å². The predicted molar refractivity (Wildman–Crippen MR) is 312 cm³/mol. The number of allylic oxidation sites excluding steroid dienone is 3. The average molecular weight is 939 g/mol. The molecule has 0 saturated heterocycles. The minimum absolute atomic E-state index is 0.0180. The van der Waals surface area contributed by atoms with Crippen LogP contribution < -0.4 is 5.73 Å². The first-order valence-corrected chi connectivity index (χ1v) is 28.4. The average Bonchev–Trinajstić information content (AvgIpc) is 3.61. The van der Waals surface area contributed by atoms with E-state index in [-0.39, 0.29) is 10.8 Å². The fourth-order valence-electron chi connectivity index (χ4n) is 10.1. The molecule has 0 amide bonds. The highest BCUT2D eigenvalue weighted by Gasteiger charge is 2.44. The SMILES string of the molecule is C=C(C(C)C)C(C)CC.CC.CCC.CCCCCCCCC1(CCCCCCCC)c2cc(C(C)(C)c3ccc(C(C)CC=C(C)C)cc3)ccc2-c2ccc(C(C)(N)c3ccc(C)cc3)cc21. The largest absolute Gasteiger partial charge is 0.318 e. The second-order valence-electron chi connectivity index (χ2n) is 22.1. The van der Waals surface area contributed by atoms with Crippen molar-refractivity contribution in [3.63, 3.8) is 0 Å². The Balaban J connectivity index is 0.00000102. The van der Waals surface area contributed by atoms with Crippen molar-refractivity contribution in [1.29, 1.82) is 0 Å². The lowest BCUT2D eigenvalue weighted by molar-refractivity contribution is 0.396. The molecular weight excluding hydrogens is 831 g/mol. The van der Waals surface area contributed by atoms with Crippen molar-refractivity contribution in [2.45, 2.75) is 249 Å². The standard InChI is InChI=1S/C54H75N.C9H18.C3H8.C2H6/c1-10-12-14-16-18-20-36-54(37-21-19-17-15-13-11-2)50-38-46(52(7,8)44-30-26-43(27-31-44)42(6)25-22-40(3)4)32-34-48(50)49-35-33-47(39-51(49)54)53(9,55)45-28-23-41(5)24-29-45;1-6-8(4)9(5)7(2)3;1-3-2;1-2/h22-24,26-35,38-39,42H,10-21,25,36-37,55H2,1-9H3;7-8H,5-6H2,1-4H3;3H2,1-2H3;1-2H3. The Morgan fingerprint density at radius 2 is 1.01 bits per heavy atom. The number of fused-ring (bicyclic) bond motifs is 3. The van der Waals surface area contributed by atoms with Crippen LogP contribution in [0.5, 0.6) is 0 Å². The second kappa shape index (κ2) is 30.9. The topological polar surface area (TPSA) is 26.0 Å². The summed E-state index contributed by atoms with van der Waals surface area (Å²) in [6.07, 6.45) is 24.1. The van der Waals surface area contributed by atoms with E-state index < -0.39 is 5.54 Å². The maximum absolute atomic E-state index is 7.34. The summed E-state index contributed by atoms with van der Waals surface area (Å²) in [4.78, 5) is 0. The summed E-state index contributed by atoms with van der Waals surface area (Å²) in [5, 5.41) is 0. The van der Waals surface area contributed by atoms with Crippen LogP contribution in [-0.4, -0.2) is 0 Å². The van der Waals surface area contributed by atoms with Crippen LogP contribution in [-0.2, 0) is 16.4 Å². The number of aryl methyl sites for hydroxylation is 1. The third-order valence-corrected chi connectivity index (χ3v) is 15.3. The van der Waals surface area contributed by atoms with Gasteiger partial charge in [0.15, 0.2) is 0 Å². The van der Waals surface area contributed by atoms with E-state index in [2.05, 4.69) is 201 Å². The molecule has 0 aromatic heterocycles. The van der Waals surface area contributed by atoms with E-state index in [1.54, 1.807) is 5.56 Å². The molecule has 0 fully saturated rings. The number of rotatable bonds is 24. The molecule has 0 saturated carbocycles. The fourth-order valence-corrected chi connectivity index (χ4v) is 10.1. The molecule has 3 atom stereocenters. The summed E-state index contributed by atoms with van der Waals surface area (Å²) < 4.78 is 0. The van der Waals surface area contributed by atoms with E-state index in [0.717, 1.165) is 6.42 Å². The Morgan fingerprint density at radius 3 is 1.45 bits per heavy atom. The smallest absolute Gasteiger partial charge is 0.0637 e. The first kappa shape index (κ1) is 61.4. The summed E-state index contributed by atoms with van der Waals surface area (Å²) >= 11 is 0. The third kappa shape index (κ3) is 17.5. The predicted octanol–water partition coefficient (Wildman–Crippen LogP) is 21.5. The molecule has 1 nitrogen and oxygen atoms in total. The van der Waals surface area contributed by atoms with Gasteiger partial charge in [0, 0.05) is 10.8 Å². The van der Waals surface area contributed by atoms with Gasteiger partial charge >= 0.3 is 0 Å². The van der Waals surface area contributed by atoms with Gasteiger partial charge in [-0.05, 0) is 121 Å². The molecule has 5 rings (SSSR count). The fraction of sp³-hybridized carbons (Fsp3) is 0.588. The number of hydrogen-bond donors (Lipinski definition) is 1. The highest BCUT2D eigenvalue weighted by atomic mass is 14.7. The first-order valence-electron chi connectivity index (χ1n) is 28.4. The van der Waals surface area contributed by atoms with Crippen molar-refractivity contribution in [2.24, 2.45) is 17.6 Å². The van der Waals surface area contributed by atoms with E-state index in [1.165, 1.54) is 164 Å². The Labute approximate surface area is 429 Å². The number of nitrogens with two attached hydrogens (primary N) is 1. The first-order chi connectivity index (χ1) is 32.9. The number of unbranched alkanes of at least 4 members (excludes halogenated alkanes) is 10.